The number of rotatable bonds is 6. The van der Waals surface area contributed by atoms with Crippen LogP contribution in [0.25, 0.3) is 0 Å². The lowest BCUT2D eigenvalue weighted by atomic mass is 9.72. The van der Waals surface area contributed by atoms with Crippen molar-refractivity contribution in [1.29, 1.82) is 0 Å². The minimum Gasteiger partial charge on any atom is -0.427 e. The van der Waals surface area contributed by atoms with Gasteiger partial charge in [-0.2, -0.15) is 0 Å². The van der Waals surface area contributed by atoms with E-state index in [-0.39, 0.29) is 32.3 Å². The smallest absolute Gasteiger partial charge is 0.187 e. The van der Waals surface area contributed by atoms with Crippen LogP contribution in [0.1, 0.15) is 32.1 Å². The Bertz CT molecular complexity index is 869. The molecule has 244 valence electrons. The summed E-state index contributed by atoms with van der Waals surface area (Å²) in [5.74, 6) is -0.872. The second-order valence-electron chi connectivity index (χ2n) is 12.4. The van der Waals surface area contributed by atoms with Gasteiger partial charge in [0, 0.05) is 18.8 Å². The van der Waals surface area contributed by atoms with Gasteiger partial charge in [0.25, 0.3) is 0 Å². The molecule has 0 aromatic heterocycles. The van der Waals surface area contributed by atoms with Crippen molar-refractivity contribution in [2.24, 2.45) is 11.8 Å². The molecule has 0 aromatic carbocycles. The predicted molar refractivity (Wildman–Crippen MR) is 135 cm³/mol. The van der Waals surface area contributed by atoms with Crippen molar-refractivity contribution in [3.63, 3.8) is 0 Å². The van der Waals surface area contributed by atoms with Gasteiger partial charge in [-0.25, -0.2) is 0 Å². The van der Waals surface area contributed by atoms with Gasteiger partial charge in [0.1, 0.15) is 54.9 Å². The normalized spacial score (nSPS) is 55.6. The topological polar surface area (TPSA) is 272 Å². The third-order valence-corrected chi connectivity index (χ3v) is 9.50. The Morgan fingerprint density at radius 2 is 1.31 bits per heavy atom. The van der Waals surface area contributed by atoms with Crippen LogP contribution >= 0.6 is 0 Å². The Morgan fingerprint density at radius 1 is 0.643 bits per heavy atom. The molecule has 0 bridgehead atoms. The second kappa shape index (κ2) is 13.4. The first-order chi connectivity index (χ1) is 19.9. The fourth-order valence-corrected chi connectivity index (χ4v) is 7.12. The van der Waals surface area contributed by atoms with Gasteiger partial charge < -0.3 is 79.9 Å². The maximum Gasteiger partial charge on any atom is 0.187 e. The number of aliphatic hydroxyl groups excluding tert-OH is 11. The summed E-state index contributed by atoms with van der Waals surface area (Å²) in [4.78, 5) is 0. The molecule has 8 unspecified atom stereocenters. The number of hydrogen-bond donors (Lipinski definition) is 11. The van der Waals surface area contributed by atoms with Crippen molar-refractivity contribution >= 4 is 0 Å². The zero-order valence-corrected chi connectivity index (χ0v) is 22.9. The molecule has 5 aliphatic rings. The molecular weight excluding hydrogens is 568 g/mol. The van der Waals surface area contributed by atoms with E-state index >= 15 is 0 Å². The Labute approximate surface area is 241 Å². The van der Waals surface area contributed by atoms with Gasteiger partial charge in [-0.3, -0.25) is 0 Å². The highest BCUT2D eigenvalue weighted by Crippen LogP contribution is 2.42. The van der Waals surface area contributed by atoms with Crippen molar-refractivity contribution in [2.45, 2.75) is 136 Å². The average molecular weight is 614 g/mol. The number of ether oxygens (including phenoxy) is 5. The Hall–Kier alpha value is -0.640. The molecular formula is C26H45O16+. The molecule has 16 nitrogen and oxygen atoms in total. The number of hydrogen-bond acceptors (Lipinski definition) is 15. The van der Waals surface area contributed by atoms with E-state index in [1.54, 1.807) is 0 Å². The summed E-state index contributed by atoms with van der Waals surface area (Å²) in [5, 5.41) is 114. The van der Waals surface area contributed by atoms with Gasteiger partial charge in [0.2, 0.25) is 0 Å². The third-order valence-electron chi connectivity index (χ3n) is 9.50. The molecule has 0 spiro atoms. The van der Waals surface area contributed by atoms with Crippen molar-refractivity contribution < 1.29 is 79.9 Å². The van der Waals surface area contributed by atoms with Crippen molar-refractivity contribution in [2.75, 3.05) is 13.2 Å². The first-order valence-corrected chi connectivity index (χ1v) is 14.6. The summed E-state index contributed by atoms with van der Waals surface area (Å²) in [7, 11) is 0. The molecule has 3 aliphatic heterocycles. The van der Waals surface area contributed by atoms with Gasteiger partial charge >= 0.3 is 0 Å². The van der Waals surface area contributed by atoms with Gasteiger partial charge in [-0.1, -0.05) is 0 Å². The summed E-state index contributed by atoms with van der Waals surface area (Å²) in [6.45, 7) is -1.08. The maximum absolute atomic E-state index is 11.0. The molecule has 3 saturated heterocycles. The van der Waals surface area contributed by atoms with Crippen molar-refractivity contribution in [3.05, 3.63) is 0 Å². The van der Waals surface area contributed by atoms with E-state index in [1.807, 2.05) is 0 Å². The highest BCUT2D eigenvalue weighted by atomic mass is 16.7. The fraction of sp³-hybridized carbons (Fsp3) is 1.00. The lowest BCUT2D eigenvalue weighted by Gasteiger charge is -2.49. The first-order valence-electron chi connectivity index (χ1n) is 14.6. The van der Waals surface area contributed by atoms with Crippen LogP contribution < -0.4 is 0 Å². The van der Waals surface area contributed by atoms with Crippen LogP contribution in [0.15, 0.2) is 0 Å². The molecule has 5 rings (SSSR count). The monoisotopic (exact) mass is 613 g/mol. The van der Waals surface area contributed by atoms with Crippen LogP contribution in [0, 0.1) is 11.8 Å². The van der Waals surface area contributed by atoms with Gasteiger partial charge in [-0.15, -0.1) is 0 Å². The summed E-state index contributed by atoms with van der Waals surface area (Å²) < 4.78 is 27.6. The molecule has 0 radical (unpaired) electrons. The van der Waals surface area contributed by atoms with E-state index in [2.05, 4.69) is 0 Å². The molecule has 17 atom stereocenters. The fourth-order valence-electron chi connectivity index (χ4n) is 7.12. The van der Waals surface area contributed by atoms with Crippen LogP contribution in [0.4, 0.5) is 0 Å². The summed E-state index contributed by atoms with van der Waals surface area (Å²) in [6.07, 6.45) is -20.4. The van der Waals surface area contributed by atoms with Gasteiger partial charge in [0.15, 0.2) is 24.8 Å². The van der Waals surface area contributed by atoms with Gasteiger partial charge in [0.05, 0.1) is 43.5 Å². The highest BCUT2D eigenvalue weighted by molar-refractivity contribution is 5.00. The molecule has 12 N–H and O–H groups in total. The van der Waals surface area contributed by atoms with E-state index in [0.29, 0.717) is 6.42 Å². The molecule has 42 heavy (non-hydrogen) atoms. The first kappa shape index (κ1) is 32.7. The predicted octanol–water partition coefficient (Wildman–Crippen LogP) is -6.07. The Balaban J connectivity index is 1.32. The van der Waals surface area contributed by atoms with E-state index in [9.17, 15) is 56.2 Å². The molecule has 2 aliphatic carbocycles. The minimum atomic E-state index is -1.74. The van der Waals surface area contributed by atoms with Crippen LogP contribution in [-0.2, 0) is 18.9 Å². The molecule has 0 aromatic rings. The van der Waals surface area contributed by atoms with Crippen molar-refractivity contribution in [3.8, 4) is 0 Å². The Kier molecular flexibility index (Phi) is 10.4. The maximum atomic E-state index is 11.0. The highest BCUT2D eigenvalue weighted by Gasteiger charge is 2.56. The van der Waals surface area contributed by atoms with Gasteiger partial charge in [-0.05, 0) is 19.3 Å². The lowest BCUT2D eigenvalue weighted by molar-refractivity contribution is -0.373. The summed E-state index contributed by atoms with van der Waals surface area (Å²) >= 11 is 0. The molecule has 3 heterocycles. The van der Waals surface area contributed by atoms with E-state index in [0.717, 1.165) is 0 Å². The minimum absolute atomic E-state index is 0.0882. The zero-order chi connectivity index (χ0) is 30.5. The molecule has 5 fully saturated rings. The standard InChI is InChI=1S/C26H44O16/c27-6-17-24(42-25-21(36)19(34)14(32)7-38-25)20(35)22(37)26(41-17)40-16-5-10-11(29)3-9(28)4-15(10)39-23(16)8-1-12(30)18(33)13(31)2-8/h8-37H,1-7H2/p+1/t8?,9?,10?,11?,12?,13?,14-,15?,16?,17-,18?,19+,20-,21-,22-,23?,24+,25+,26-/m1/s1. The van der Waals surface area contributed by atoms with Crippen LogP contribution in [0.5, 0.6) is 0 Å². The lowest BCUT2D eigenvalue weighted by Crippen LogP contribution is -2.65. The van der Waals surface area contributed by atoms with E-state index in [4.69, 9.17) is 23.7 Å². The number of fused-ring (bicyclic) bond motifs is 1. The molecule has 16 heteroatoms. The second-order valence-corrected chi connectivity index (χ2v) is 12.4. The Morgan fingerprint density at radius 3 is 1.98 bits per heavy atom. The largest absolute Gasteiger partial charge is 0.427 e. The van der Waals surface area contributed by atoms with Crippen molar-refractivity contribution in [1.82, 2.24) is 0 Å². The number of aliphatic hydroxyl groups is 13. The quantitative estimate of drug-likeness (QED) is 0.124. The van der Waals surface area contributed by atoms with E-state index in [1.165, 1.54) is 0 Å². The summed E-state index contributed by atoms with van der Waals surface area (Å²) in [5.41, 5.74) is 0. The van der Waals surface area contributed by atoms with Crippen LogP contribution in [-0.4, -0.2) is 178 Å². The third kappa shape index (κ3) is 6.50. The molecule has 2 saturated carbocycles. The van der Waals surface area contributed by atoms with Crippen LogP contribution in [0.3, 0.4) is 0 Å². The summed E-state index contributed by atoms with van der Waals surface area (Å²) in [6, 6.07) is 0. The zero-order valence-electron chi connectivity index (χ0n) is 22.9. The average Bonchev–Trinajstić information content (AvgIpc) is 2.95. The van der Waals surface area contributed by atoms with E-state index < -0.39 is 123 Å². The van der Waals surface area contributed by atoms with Crippen LogP contribution in [0.2, 0.25) is 0 Å². The SMILES string of the molecule is OC[C@H]1O[C@@H](OC2CC3C(O)CC(O)CC3[OH+]C2C2CC(O)C(O)C(O)C2)[C@H](O)[C@@H](O)[C@H]1O[C@@H]1OC[C@@H](O)[C@H](O)[C@H]1O. The molecule has 0 amide bonds.